The number of hydrogen-bond acceptors (Lipinski definition) is 27. The summed E-state index contributed by atoms with van der Waals surface area (Å²) in [5.74, 6) is -12.4. The quantitative estimate of drug-likeness (QED) is 0.0370. The van der Waals surface area contributed by atoms with E-state index in [1.165, 1.54) is 0 Å². The summed E-state index contributed by atoms with van der Waals surface area (Å²) in [6.07, 6.45) is -31.9. The monoisotopic (exact) mass is 946 g/mol. The maximum atomic E-state index is 13.0. The lowest BCUT2D eigenvalue weighted by atomic mass is 9.89. The average Bonchev–Trinajstić information content (AvgIpc) is 3.21. The summed E-state index contributed by atoms with van der Waals surface area (Å²) in [4.78, 5) is 102. The lowest BCUT2D eigenvalue weighted by Crippen LogP contribution is -2.64. The van der Waals surface area contributed by atoms with Gasteiger partial charge in [-0.15, -0.1) is 0 Å². The predicted molar refractivity (Wildman–Crippen MR) is 202 cm³/mol. The molecule has 17 unspecified atom stereocenters. The summed E-state index contributed by atoms with van der Waals surface area (Å²) in [5.41, 5.74) is 0. The topological polar surface area (TPSA) is 400 Å². The van der Waals surface area contributed by atoms with Crippen molar-refractivity contribution in [1.82, 2.24) is 0 Å². The van der Waals surface area contributed by atoms with E-state index in [1.54, 1.807) is 0 Å². The van der Waals surface area contributed by atoms with Crippen LogP contribution in [0.5, 0.6) is 0 Å². The first-order valence-electron chi connectivity index (χ1n) is 20.1. The first-order valence-corrected chi connectivity index (χ1v) is 20.1. The highest BCUT2D eigenvalue weighted by atomic mass is 16.7. The van der Waals surface area contributed by atoms with Crippen molar-refractivity contribution in [2.24, 2.45) is 5.92 Å². The van der Waals surface area contributed by atoms with Gasteiger partial charge >= 0.3 is 47.8 Å². The highest BCUT2D eigenvalue weighted by Gasteiger charge is 2.56. The molecular weight excluding hydrogens is 888 g/mol. The third-order valence-corrected chi connectivity index (χ3v) is 9.13. The molecule has 0 aromatic heterocycles. The van der Waals surface area contributed by atoms with Crippen LogP contribution in [0.3, 0.4) is 0 Å². The summed E-state index contributed by atoms with van der Waals surface area (Å²) >= 11 is 0. The number of rotatable bonds is 22. The van der Waals surface area contributed by atoms with Crippen molar-refractivity contribution in [2.45, 2.75) is 159 Å². The molecule has 27 heteroatoms. The lowest BCUT2D eigenvalue weighted by Gasteiger charge is -2.46. The molecule has 8 N–H and O–H groups in total. The second kappa shape index (κ2) is 25.9. The van der Waals surface area contributed by atoms with E-state index in [0.29, 0.717) is 0 Å². The molecule has 0 amide bonds. The Balaban J connectivity index is 2.80. The van der Waals surface area contributed by atoms with Gasteiger partial charge in [-0.2, -0.15) is 0 Å². The van der Waals surface area contributed by atoms with Gasteiger partial charge in [-0.25, -0.2) is 38.4 Å². The molecule has 0 bridgehead atoms. The van der Waals surface area contributed by atoms with E-state index >= 15 is 0 Å². The number of ether oxygens (including phenoxy) is 11. The summed E-state index contributed by atoms with van der Waals surface area (Å²) < 4.78 is 60.3. The molecular formula is C38H58O27. The fourth-order valence-corrected chi connectivity index (χ4v) is 5.64. The molecule has 0 aliphatic carbocycles. The van der Waals surface area contributed by atoms with Crippen LogP contribution in [-0.4, -0.2) is 219 Å². The minimum Gasteiger partial charge on any atom is -0.461 e. The number of aliphatic hydroxyl groups is 8. The molecule has 0 aromatic rings. The highest BCUT2D eigenvalue weighted by Crippen LogP contribution is 2.35. The first-order chi connectivity index (χ1) is 30.2. The van der Waals surface area contributed by atoms with E-state index in [1.807, 2.05) is 0 Å². The SMILES string of the molecule is CC(O)C(=O)OCC1OC(OC(=O)[C@H](C)O)C(OC(=O)C(C)O)C(OC(=O)C(C)O)C1COCC1OC(COC(=O)C(C)O)C(OC(=O)C(C)O)C(OC(=O)C(C)O)C1OC(=O)C(C)O. The Labute approximate surface area is 370 Å². The summed E-state index contributed by atoms with van der Waals surface area (Å²) in [7, 11) is 0. The van der Waals surface area contributed by atoms with E-state index in [9.17, 15) is 79.2 Å². The molecule has 372 valence electrons. The second-order valence-corrected chi connectivity index (χ2v) is 15.1. The van der Waals surface area contributed by atoms with E-state index in [2.05, 4.69) is 0 Å². The normalized spacial score (nSPS) is 29.1. The van der Waals surface area contributed by atoms with Crippen LogP contribution in [0.4, 0.5) is 0 Å². The Morgan fingerprint density at radius 2 is 0.662 bits per heavy atom. The molecule has 27 nitrogen and oxygen atoms in total. The van der Waals surface area contributed by atoms with E-state index in [4.69, 9.17) is 52.1 Å². The van der Waals surface area contributed by atoms with Crippen LogP contribution in [0.25, 0.3) is 0 Å². The molecule has 2 fully saturated rings. The van der Waals surface area contributed by atoms with Crippen LogP contribution >= 0.6 is 0 Å². The van der Waals surface area contributed by atoms with Crippen molar-refractivity contribution < 1.29 is 131 Å². The predicted octanol–water partition coefficient (Wildman–Crippen LogP) is -5.65. The minimum atomic E-state index is -2.13. The largest absolute Gasteiger partial charge is 0.461 e. The van der Waals surface area contributed by atoms with Crippen LogP contribution in [0.15, 0.2) is 0 Å². The fourth-order valence-electron chi connectivity index (χ4n) is 5.64. The number of esters is 8. The fraction of sp³-hybridized carbons (Fsp3) is 0.789. The Morgan fingerprint density at radius 1 is 0.354 bits per heavy atom. The van der Waals surface area contributed by atoms with Crippen LogP contribution in [0.2, 0.25) is 0 Å². The zero-order valence-electron chi connectivity index (χ0n) is 36.6. The van der Waals surface area contributed by atoms with Gasteiger partial charge in [0, 0.05) is 0 Å². The zero-order chi connectivity index (χ0) is 49.6. The van der Waals surface area contributed by atoms with Gasteiger partial charge < -0.3 is 93.0 Å². The smallest absolute Gasteiger partial charge is 0.337 e. The first kappa shape index (κ1) is 56.4. The van der Waals surface area contributed by atoms with Gasteiger partial charge in [-0.3, -0.25) is 0 Å². The van der Waals surface area contributed by atoms with Gasteiger partial charge in [0.1, 0.15) is 80.4 Å². The number of hydrogen-bond donors (Lipinski definition) is 8. The second-order valence-electron chi connectivity index (χ2n) is 15.1. The summed E-state index contributed by atoms with van der Waals surface area (Å²) in [6, 6.07) is 0. The number of carbonyl (C=O) groups excluding carboxylic acids is 8. The zero-order valence-corrected chi connectivity index (χ0v) is 36.6. The molecule has 2 rings (SSSR count). The average molecular weight is 947 g/mol. The third kappa shape index (κ3) is 16.9. The molecule has 0 spiro atoms. The molecule has 65 heavy (non-hydrogen) atoms. The Morgan fingerprint density at radius 3 is 1.05 bits per heavy atom. The molecule has 0 aromatic carbocycles. The van der Waals surface area contributed by atoms with Gasteiger partial charge in [-0.05, 0) is 55.4 Å². The lowest BCUT2D eigenvalue weighted by molar-refractivity contribution is -0.299. The summed E-state index contributed by atoms with van der Waals surface area (Å²) in [5, 5.41) is 79.6. The Kier molecular flexibility index (Phi) is 22.5. The van der Waals surface area contributed by atoms with Crippen LogP contribution in [0, 0.1) is 5.92 Å². The van der Waals surface area contributed by atoms with Crippen molar-refractivity contribution in [3.05, 3.63) is 0 Å². The maximum absolute atomic E-state index is 13.0. The van der Waals surface area contributed by atoms with Crippen LogP contribution < -0.4 is 0 Å². The molecule has 18 atom stereocenters. The van der Waals surface area contributed by atoms with Crippen molar-refractivity contribution in [1.29, 1.82) is 0 Å². The Hall–Kier alpha value is -4.68. The number of carbonyl (C=O) groups is 8. The van der Waals surface area contributed by atoms with Crippen LogP contribution in [-0.2, 0) is 90.5 Å². The van der Waals surface area contributed by atoms with Crippen molar-refractivity contribution in [3.63, 3.8) is 0 Å². The van der Waals surface area contributed by atoms with Gasteiger partial charge in [0.15, 0.2) is 24.4 Å². The maximum Gasteiger partial charge on any atom is 0.337 e. The van der Waals surface area contributed by atoms with Gasteiger partial charge in [0.25, 0.3) is 0 Å². The van der Waals surface area contributed by atoms with E-state index < -0.39 is 184 Å². The van der Waals surface area contributed by atoms with Gasteiger partial charge in [0.2, 0.25) is 12.4 Å². The summed E-state index contributed by atoms with van der Waals surface area (Å²) in [6.45, 7) is 4.48. The highest BCUT2D eigenvalue weighted by molar-refractivity contribution is 5.77. The molecule has 2 aliphatic rings. The van der Waals surface area contributed by atoms with Crippen molar-refractivity contribution in [3.8, 4) is 0 Å². The van der Waals surface area contributed by atoms with Crippen molar-refractivity contribution >= 4 is 47.8 Å². The standard InChI is InChI=1S/C38H58O27/c1-13(39)30(47)56-11-22-21(25(60-32(49)15(3)41)29(64-36(53)19(7)45)38(59-22)65-37(54)20(8)46)9-55-10-23-26(61-33(50)16(4)42)28(63-35(52)18(6)44)27(62-34(51)17(5)43)24(58-23)12-57-31(48)14(2)40/h13-29,38-46H,9-12H2,1-8H3/t13?,14?,15?,16?,17?,18?,19?,20-,21?,22?,23?,24?,25?,26?,27?,28?,29?,38?/m0/s1. The molecule has 2 saturated heterocycles. The van der Waals surface area contributed by atoms with Gasteiger partial charge in [0.05, 0.1) is 19.1 Å². The number of aliphatic hydroxyl groups excluding tert-OH is 8. The van der Waals surface area contributed by atoms with Crippen LogP contribution in [0.1, 0.15) is 55.4 Å². The van der Waals surface area contributed by atoms with Crippen molar-refractivity contribution in [2.75, 3.05) is 26.4 Å². The molecule has 2 aliphatic heterocycles. The molecule has 0 saturated carbocycles. The molecule has 0 radical (unpaired) electrons. The Bertz CT molecular complexity index is 1620. The minimum absolute atomic E-state index is 0.828. The third-order valence-electron chi connectivity index (χ3n) is 9.13. The van der Waals surface area contributed by atoms with E-state index in [0.717, 1.165) is 55.4 Å². The van der Waals surface area contributed by atoms with E-state index in [-0.39, 0.29) is 0 Å². The molecule has 2 heterocycles. The van der Waals surface area contributed by atoms with Gasteiger partial charge in [-0.1, -0.05) is 0 Å².